The molecular formula is C14H17NO. The van der Waals surface area contributed by atoms with Crippen molar-refractivity contribution in [2.75, 3.05) is 13.6 Å². The summed E-state index contributed by atoms with van der Waals surface area (Å²) in [6.45, 7) is 2.92. The molecule has 2 heteroatoms. The minimum Gasteiger partial charge on any atom is -0.489 e. The van der Waals surface area contributed by atoms with Gasteiger partial charge in [-0.05, 0) is 25.4 Å². The number of hydrogen-bond donors (Lipinski definition) is 1. The number of benzene rings is 2. The molecule has 0 amide bonds. The number of nitrogens with one attached hydrogen (secondary N) is 1. The smallest absolute Gasteiger partial charge is 0.127 e. The van der Waals surface area contributed by atoms with Gasteiger partial charge in [-0.3, -0.25) is 0 Å². The average molecular weight is 215 g/mol. The van der Waals surface area contributed by atoms with Crippen LogP contribution in [0.4, 0.5) is 0 Å². The molecule has 2 rings (SSSR count). The molecule has 0 radical (unpaired) electrons. The fraction of sp³-hybridized carbons (Fsp3) is 0.286. The van der Waals surface area contributed by atoms with Crippen LogP contribution in [0.3, 0.4) is 0 Å². The Hall–Kier alpha value is -1.54. The summed E-state index contributed by atoms with van der Waals surface area (Å²) in [7, 11) is 1.93. The largest absolute Gasteiger partial charge is 0.489 e. The van der Waals surface area contributed by atoms with Gasteiger partial charge in [0.1, 0.15) is 11.9 Å². The highest BCUT2D eigenvalue weighted by Gasteiger charge is 2.05. The summed E-state index contributed by atoms with van der Waals surface area (Å²) in [5, 5.41) is 5.50. The molecule has 0 heterocycles. The van der Waals surface area contributed by atoms with Gasteiger partial charge in [-0.25, -0.2) is 0 Å². The van der Waals surface area contributed by atoms with Crippen molar-refractivity contribution in [3.05, 3.63) is 42.5 Å². The standard InChI is InChI=1S/C14H17NO/c1-11(10-15-2)16-14-9-5-7-12-6-3-4-8-13(12)14/h3-9,11,15H,10H2,1-2H3. The monoisotopic (exact) mass is 215 g/mol. The van der Waals surface area contributed by atoms with Gasteiger partial charge in [-0.1, -0.05) is 36.4 Å². The summed E-state index contributed by atoms with van der Waals surface area (Å²) in [4.78, 5) is 0. The lowest BCUT2D eigenvalue weighted by Gasteiger charge is -2.15. The zero-order chi connectivity index (χ0) is 11.4. The van der Waals surface area contributed by atoms with E-state index in [2.05, 4.69) is 30.4 Å². The number of hydrogen-bond acceptors (Lipinski definition) is 2. The molecule has 84 valence electrons. The Kier molecular flexibility index (Phi) is 3.42. The van der Waals surface area contributed by atoms with E-state index >= 15 is 0 Å². The molecule has 0 bridgehead atoms. The van der Waals surface area contributed by atoms with Crippen molar-refractivity contribution in [2.45, 2.75) is 13.0 Å². The molecule has 16 heavy (non-hydrogen) atoms. The van der Waals surface area contributed by atoms with E-state index in [0.717, 1.165) is 12.3 Å². The summed E-state index contributed by atoms with van der Waals surface area (Å²) in [5.74, 6) is 0.959. The van der Waals surface area contributed by atoms with Gasteiger partial charge in [0.15, 0.2) is 0 Å². The predicted molar refractivity (Wildman–Crippen MR) is 68.0 cm³/mol. The van der Waals surface area contributed by atoms with Gasteiger partial charge >= 0.3 is 0 Å². The maximum absolute atomic E-state index is 5.91. The van der Waals surface area contributed by atoms with Gasteiger partial charge in [0, 0.05) is 11.9 Å². The fourth-order valence-corrected chi connectivity index (χ4v) is 1.84. The topological polar surface area (TPSA) is 21.3 Å². The third kappa shape index (κ3) is 2.34. The second-order valence-corrected chi connectivity index (χ2v) is 3.96. The van der Waals surface area contributed by atoms with Gasteiger partial charge in [-0.15, -0.1) is 0 Å². The maximum Gasteiger partial charge on any atom is 0.127 e. The molecule has 0 saturated heterocycles. The SMILES string of the molecule is CNCC(C)Oc1cccc2ccccc12. The molecule has 0 saturated carbocycles. The first-order chi connectivity index (χ1) is 7.81. The van der Waals surface area contributed by atoms with Crippen LogP contribution in [0.2, 0.25) is 0 Å². The van der Waals surface area contributed by atoms with Gasteiger partial charge in [0.05, 0.1) is 0 Å². The minimum atomic E-state index is 0.177. The van der Waals surface area contributed by atoms with Gasteiger partial charge in [0.2, 0.25) is 0 Å². The van der Waals surface area contributed by atoms with E-state index in [-0.39, 0.29) is 6.10 Å². The van der Waals surface area contributed by atoms with E-state index in [9.17, 15) is 0 Å². The highest BCUT2D eigenvalue weighted by molar-refractivity contribution is 5.88. The number of ether oxygens (including phenoxy) is 1. The quantitative estimate of drug-likeness (QED) is 0.846. The van der Waals surface area contributed by atoms with Gasteiger partial charge in [0.25, 0.3) is 0 Å². The van der Waals surface area contributed by atoms with E-state index in [1.807, 2.05) is 31.3 Å². The van der Waals surface area contributed by atoms with Gasteiger partial charge in [-0.2, -0.15) is 0 Å². The summed E-state index contributed by atoms with van der Waals surface area (Å²) < 4.78 is 5.91. The lowest BCUT2D eigenvalue weighted by Crippen LogP contribution is -2.26. The third-order valence-corrected chi connectivity index (χ3v) is 2.57. The van der Waals surface area contributed by atoms with Crippen LogP contribution in [0.15, 0.2) is 42.5 Å². The molecule has 2 aromatic carbocycles. The van der Waals surface area contributed by atoms with E-state index in [4.69, 9.17) is 4.74 Å². The Balaban J connectivity index is 2.30. The minimum absolute atomic E-state index is 0.177. The summed E-state index contributed by atoms with van der Waals surface area (Å²) >= 11 is 0. The molecule has 0 fully saturated rings. The van der Waals surface area contributed by atoms with Crippen LogP contribution in [0.1, 0.15) is 6.92 Å². The van der Waals surface area contributed by atoms with Crippen molar-refractivity contribution < 1.29 is 4.74 Å². The van der Waals surface area contributed by atoms with Crippen LogP contribution in [0.5, 0.6) is 5.75 Å². The second kappa shape index (κ2) is 4.99. The molecule has 0 aliphatic heterocycles. The number of likely N-dealkylation sites (N-methyl/N-ethyl adjacent to an activating group) is 1. The molecule has 0 spiro atoms. The average Bonchev–Trinajstić information content (AvgIpc) is 2.30. The molecule has 1 N–H and O–H groups in total. The highest BCUT2D eigenvalue weighted by Crippen LogP contribution is 2.25. The zero-order valence-electron chi connectivity index (χ0n) is 9.73. The summed E-state index contributed by atoms with van der Waals surface area (Å²) in [5.41, 5.74) is 0. The van der Waals surface area contributed by atoms with Crippen LogP contribution in [-0.2, 0) is 0 Å². The first-order valence-electron chi connectivity index (χ1n) is 5.60. The highest BCUT2D eigenvalue weighted by atomic mass is 16.5. The molecule has 0 aliphatic carbocycles. The number of fused-ring (bicyclic) bond motifs is 1. The third-order valence-electron chi connectivity index (χ3n) is 2.57. The van der Waals surface area contributed by atoms with Crippen molar-refractivity contribution in [3.8, 4) is 5.75 Å². The van der Waals surface area contributed by atoms with Crippen molar-refractivity contribution in [3.63, 3.8) is 0 Å². The number of rotatable bonds is 4. The first kappa shape index (κ1) is 11.0. The molecule has 2 nitrogen and oxygen atoms in total. The molecule has 1 unspecified atom stereocenters. The van der Waals surface area contributed by atoms with E-state index in [1.165, 1.54) is 10.8 Å². The molecule has 2 aromatic rings. The summed E-state index contributed by atoms with van der Waals surface area (Å²) in [6, 6.07) is 14.4. The fourth-order valence-electron chi connectivity index (χ4n) is 1.84. The lowest BCUT2D eigenvalue weighted by atomic mass is 10.1. The Labute approximate surface area is 96.2 Å². The van der Waals surface area contributed by atoms with Crippen LogP contribution < -0.4 is 10.1 Å². The summed E-state index contributed by atoms with van der Waals surface area (Å²) in [6.07, 6.45) is 0.177. The van der Waals surface area contributed by atoms with Crippen molar-refractivity contribution in [1.29, 1.82) is 0 Å². The predicted octanol–water partition coefficient (Wildman–Crippen LogP) is 2.83. The molecular weight excluding hydrogens is 198 g/mol. The van der Waals surface area contributed by atoms with E-state index < -0.39 is 0 Å². The van der Waals surface area contributed by atoms with Crippen LogP contribution in [0, 0.1) is 0 Å². The van der Waals surface area contributed by atoms with E-state index in [1.54, 1.807) is 0 Å². The lowest BCUT2D eigenvalue weighted by molar-refractivity contribution is 0.223. The van der Waals surface area contributed by atoms with Crippen LogP contribution in [-0.4, -0.2) is 19.7 Å². The Morgan fingerprint density at radius 1 is 1.12 bits per heavy atom. The first-order valence-corrected chi connectivity index (χ1v) is 5.60. The molecule has 0 aromatic heterocycles. The molecule has 0 aliphatic rings. The second-order valence-electron chi connectivity index (χ2n) is 3.96. The van der Waals surface area contributed by atoms with Crippen LogP contribution in [0.25, 0.3) is 10.8 Å². The van der Waals surface area contributed by atoms with Crippen molar-refractivity contribution in [1.82, 2.24) is 5.32 Å². The van der Waals surface area contributed by atoms with Crippen molar-refractivity contribution in [2.24, 2.45) is 0 Å². The maximum atomic E-state index is 5.91. The Bertz CT molecular complexity index is 462. The van der Waals surface area contributed by atoms with Gasteiger partial charge < -0.3 is 10.1 Å². The van der Waals surface area contributed by atoms with Crippen LogP contribution >= 0.6 is 0 Å². The zero-order valence-corrected chi connectivity index (χ0v) is 9.73. The van der Waals surface area contributed by atoms with Crippen molar-refractivity contribution >= 4 is 10.8 Å². The molecule has 1 atom stereocenters. The Morgan fingerprint density at radius 2 is 1.88 bits per heavy atom. The Morgan fingerprint density at radius 3 is 2.69 bits per heavy atom. The normalized spacial score (nSPS) is 12.6. The van der Waals surface area contributed by atoms with E-state index in [0.29, 0.717) is 0 Å².